The molecule has 1 aromatic heterocycles. The van der Waals surface area contributed by atoms with Crippen LogP contribution >= 0.6 is 11.6 Å². The number of nitrogens with zero attached hydrogens (tertiary/aromatic N) is 1. The van der Waals surface area contributed by atoms with Gasteiger partial charge < -0.3 is 4.57 Å². The molecule has 0 fully saturated rings. The topological polar surface area (TPSA) is 4.93 Å². The van der Waals surface area contributed by atoms with Gasteiger partial charge in [0.2, 0.25) is 0 Å². The number of aromatic nitrogens is 1. The Balaban J connectivity index is 2.01. The van der Waals surface area contributed by atoms with Gasteiger partial charge >= 0.3 is 0 Å². The standard InChI is InChI=1S/C16H13ClFN/c1-11-8-15(18)4-2-13(11)10-19-7-6-12-9-14(17)3-5-16(12)19/h2-9H,10H2,1H3. The molecule has 0 saturated carbocycles. The Morgan fingerprint density at radius 3 is 2.74 bits per heavy atom. The first-order valence-electron chi connectivity index (χ1n) is 6.13. The first-order chi connectivity index (χ1) is 9.13. The molecule has 3 rings (SSSR count). The normalized spacial score (nSPS) is 11.1. The van der Waals surface area contributed by atoms with Gasteiger partial charge in [0.1, 0.15) is 5.82 Å². The summed E-state index contributed by atoms with van der Waals surface area (Å²) in [5, 5.41) is 1.86. The van der Waals surface area contributed by atoms with Crippen LogP contribution in [0.2, 0.25) is 5.02 Å². The van der Waals surface area contributed by atoms with E-state index in [4.69, 9.17) is 11.6 Å². The minimum absolute atomic E-state index is 0.189. The number of aryl methyl sites for hydroxylation is 1. The van der Waals surface area contributed by atoms with Crippen molar-refractivity contribution in [3.05, 3.63) is 70.6 Å². The zero-order valence-electron chi connectivity index (χ0n) is 10.5. The summed E-state index contributed by atoms with van der Waals surface area (Å²) in [5.74, 6) is -0.189. The highest BCUT2D eigenvalue weighted by Gasteiger charge is 2.05. The van der Waals surface area contributed by atoms with Crippen molar-refractivity contribution in [3.8, 4) is 0 Å². The van der Waals surface area contributed by atoms with E-state index in [1.807, 2.05) is 43.5 Å². The Labute approximate surface area is 116 Å². The molecule has 3 heteroatoms. The highest BCUT2D eigenvalue weighted by atomic mass is 35.5. The van der Waals surface area contributed by atoms with E-state index >= 15 is 0 Å². The van der Waals surface area contributed by atoms with Crippen LogP contribution in [0, 0.1) is 12.7 Å². The summed E-state index contributed by atoms with van der Waals surface area (Å²) < 4.78 is 15.2. The molecule has 0 N–H and O–H groups in total. The minimum atomic E-state index is -0.189. The SMILES string of the molecule is Cc1cc(F)ccc1Cn1ccc2cc(Cl)ccc21. The summed E-state index contributed by atoms with van der Waals surface area (Å²) in [4.78, 5) is 0. The fourth-order valence-electron chi connectivity index (χ4n) is 2.33. The van der Waals surface area contributed by atoms with Gasteiger partial charge in [0.25, 0.3) is 0 Å². The van der Waals surface area contributed by atoms with E-state index in [0.717, 1.165) is 33.6 Å². The lowest BCUT2D eigenvalue weighted by Gasteiger charge is -2.09. The Hall–Kier alpha value is -1.80. The molecule has 0 aliphatic carbocycles. The van der Waals surface area contributed by atoms with Crippen molar-refractivity contribution in [2.75, 3.05) is 0 Å². The van der Waals surface area contributed by atoms with Gasteiger partial charge in [-0.05, 0) is 54.4 Å². The van der Waals surface area contributed by atoms with Gasteiger partial charge in [-0.25, -0.2) is 4.39 Å². The quantitative estimate of drug-likeness (QED) is 0.633. The van der Waals surface area contributed by atoms with E-state index < -0.39 is 0 Å². The molecule has 0 spiro atoms. The Bertz CT molecular complexity index is 746. The molecule has 0 aliphatic heterocycles. The predicted molar refractivity (Wildman–Crippen MR) is 77.2 cm³/mol. The Kier molecular flexibility index (Phi) is 3.03. The van der Waals surface area contributed by atoms with Crippen LogP contribution in [0.15, 0.2) is 48.7 Å². The number of hydrogen-bond acceptors (Lipinski definition) is 0. The van der Waals surface area contributed by atoms with E-state index in [2.05, 4.69) is 4.57 Å². The fourth-order valence-corrected chi connectivity index (χ4v) is 2.51. The molecular formula is C16H13ClFN. The molecule has 1 nitrogen and oxygen atoms in total. The lowest BCUT2D eigenvalue weighted by molar-refractivity contribution is 0.625. The number of benzene rings is 2. The van der Waals surface area contributed by atoms with Crippen LogP contribution in [-0.2, 0) is 6.54 Å². The summed E-state index contributed by atoms with van der Waals surface area (Å²) in [7, 11) is 0. The molecule has 3 aromatic rings. The zero-order valence-corrected chi connectivity index (χ0v) is 11.3. The number of hydrogen-bond donors (Lipinski definition) is 0. The number of fused-ring (bicyclic) bond motifs is 1. The summed E-state index contributed by atoms with van der Waals surface area (Å²) >= 11 is 5.98. The fraction of sp³-hybridized carbons (Fsp3) is 0.125. The van der Waals surface area contributed by atoms with Gasteiger partial charge in [0, 0.05) is 28.7 Å². The summed E-state index contributed by atoms with van der Waals surface area (Å²) in [6, 6.07) is 12.8. The maximum absolute atomic E-state index is 13.1. The molecule has 0 unspecified atom stereocenters. The number of halogens is 2. The van der Waals surface area contributed by atoms with Gasteiger partial charge in [0.15, 0.2) is 0 Å². The van der Waals surface area contributed by atoms with E-state index in [1.54, 1.807) is 6.07 Å². The molecule has 1 heterocycles. The summed E-state index contributed by atoms with van der Waals surface area (Å²) in [6.45, 7) is 2.66. The first kappa shape index (κ1) is 12.2. The molecule has 19 heavy (non-hydrogen) atoms. The maximum atomic E-state index is 13.1. The molecule has 0 aliphatic rings. The molecule has 0 amide bonds. The van der Waals surface area contributed by atoms with Crippen molar-refractivity contribution in [3.63, 3.8) is 0 Å². The van der Waals surface area contributed by atoms with Gasteiger partial charge in [-0.2, -0.15) is 0 Å². The van der Waals surface area contributed by atoms with Crippen LogP contribution in [0.5, 0.6) is 0 Å². The largest absolute Gasteiger partial charge is 0.343 e. The van der Waals surface area contributed by atoms with E-state index in [-0.39, 0.29) is 5.82 Å². The zero-order chi connectivity index (χ0) is 13.4. The third-order valence-electron chi connectivity index (χ3n) is 3.38. The molecule has 2 aromatic carbocycles. The maximum Gasteiger partial charge on any atom is 0.123 e. The molecular weight excluding hydrogens is 261 g/mol. The molecule has 0 radical (unpaired) electrons. The molecule has 0 atom stereocenters. The number of rotatable bonds is 2. The third kappa shape index (κ3) is 2.36. The smallest absolute Gasteiger partial charge is 0.123 e. The van der Waals surface area contributed by atoms with E-state index in [0.29, 0.717) is 0 Å². The van der Waals surface area contributed by atoms with Crippen molar-refractivity contribution < 1.29 is 4.39 Å². The minimum Gasteiger partial charge on any atom is -0.343 e. The van der Waals surface area contributed by atoms with Crippen LogP contribution < -0.4 is 0 Å². The average molecular weight is 274 g/mol. The van der Waals surface area contributed by atoms with Crippen LogP contribution in [0.25, 0.3) is 10.9 Å². The van der Waals surface area contributed by atoms with Crippen LogP contribution in [0.3, 0.4) is 0 Å². The predicted octanol–water partition coefficient (Wildman–Crippen LogP) is 4.79. The highest BCUT2D eigenvalue weighted by molar-refractivity contribution is 6.31. The van der Waals surface area contributed by atoms with Gasteiger partial charge in [-0.1, -0.05) is 17.7 Å². The molecule has 96 valence electrons. The van der Waals surface area contributed by atoms with Gasteiger partial charge in [0.05, 0.1) is 0 Å². The highest BCUT2D eigenvalue weighted by Crippen LogP contribution is 2.22. The molecule has 0 saturated heterocycles. The summed E-state index contributed by atoms with van der Waals surface area (Å²) in [5.41, 5.74) is 3.22. The molecule has 0 bridgehead atoms. The van der Waals surface area contributed by atoms with Crippen molar-refractivity contribution in [1.29, 1.82) is 0 Å². The third-order valence-corrected chi connectivity index (χ3v) is 3.61. The summed E-state index contributed by atoms with van der Waals surface area (Å²) in [6.07, 6.45) is 2.03. The van der Waals surface area contributed by atoms with Crippen LogP contribution in [-0.4, -0.2) is 4.57 Å². The Morgan fingerprint density at radius 2 is 1.95 bits per heavy atom. The Morgan fingerprint density at radius 1 is 1.11 bits per heavy atom. The second-order valence-electron chi connectivity index (χ2n) is 4.72. The van der Waals surface area contributed by atoms with Crippen LogP contribution in [0.1, 0.15) is 11.1 Å². The van der Waals surface area contributed by atoms with Gasteiger partial charge in [-0.15, -0.1) is 0 Å². The lowest BCUT2D eigenvalue weighted by atomic mass is 10.1. The monoisotopic (exact) mass is 273 g/mol. The first-order valence-corrected chi connectivity index (χ1v) is 6.51. The lowest BCUT2D eigenvalue weighted by Crippen LogP contribution is -2.00. The van der Waals surface area contributed by atoms with Crippen LogP contribution in [0.4, 0.5) is 4.39 Å². The second-order valence-corrected chi connectivity index (χ2v) is 5.15. The van der Waals surface area contributed by atoms with Crippen molar-refractivity contribution in [2.45, 2.75) is 13.5 Å². The average Bonchev–Trinajstić information content (AvgIpc) is 2.75. The van der Waals surface area contributed by atoms with Crippen molar-refractivity contribution in [1.82, 2.24) is 4.57 Å². The van der Waals surface area contributed by atoms with E-state index in [1.165, 1.54) is 6.07 Å². The second kappa shape index (κ2) is 4.71. The van der Waals surface area contributed by atoms with E-state index in [9.17, 15) is 4.39 Å². The van der Waals surface area contributed by atoms with Crippen molar-refractivity contribution >= 4 is 22.5 Å². The van der Waals surface area contributed by atoms with Gasteiger partial charge in [-0.3, -0.25) is 0 Å². The van der Waals surface area contributed by atoms with Crippen molar-refractivity contribution in [2.24, 2.45) is 0 Å².